The Kier molecular flexibility index (Phi) is 2.84. The van der Waals surface area contributed by atoms with E-state index in [1.54, 1.807) is 6.20 Å². The van der Waals surface area contributed by atoms with Crippen molar-refractivity contribution < 1.29 is 4.79 Å². The Morgan fingerprint density at radius 2 is 1.88 bits per heavy atom. The zero-order valence-electron chi connectivity index (χ0n) is 10.6. The third kappa shape index (κ3) is 2.00. The number of nitrogens with zero attached hydrogens (tertiary/aromatic N) is 1. The molecule has 0 saturated heterocycles. The predicted octanol–water partition coefficient (Wildman–Crippen LogP) is 3.20. The van der Waals surface area contributed by atoms with Crippen LogP contribution in [0.25, 0.3) is 11.3 Å². The number of nitrogens with one attached hydrogen (secondary N) is 1. The highest BCUT2D eigenvalue weighted by molar-refractivity contribution is 5.91. The fraction of sp³-hybridized carbons (Fsp3) is 0.286. The molecule has 1 aromatic carbocycles. The summed E-state index contributed by atoms with van der Waals surface area (Å²) >= 11 is 0. The van der Waals surface area contributed by atoms with Gasteiger partial charge >= 0.3 is 0 Å². The number of aromatic amines is 1. The molecule has 0 radical (unpaired) electrons. The van der Waals surface area contributed by atoms with Gasteiger partial charge in [-0.2, -0.15) is 0 Å². The lowest BCUT2D eigenvalue weighted by Gasteiger charge is -2.09. The maximum absolute atomic E-state index is 11.2. The summed E-state index contributed by atoms with van der Waals surface area (Å²) in [5, 5.41) is 0. The Morgan fingerprint density at radius 1 is 1.18 bits per heavy atom. The highest BCUT2D eigenvalue weighted by Crippen LogP contribution is 2.25. The van der Waals surface area contributed by atoms with E-state index in [9.17, 15) is 4.79 Å². The van der Waals surface area contributed by atoms with Gasteiger partial charge in [0.15, 0.2) is 11.6 Å². The van der Waals surface area contributed by atoms with E-state index in [0.717, 1.165) is 11.3 Å². The minimum Gasteiger partial charge on any atom is -0.336 e. The number of H-pyrrole nitrogens is 1. The predicted molar refractivity (Wildman–Crippen MR) is 68.2 cm³/mol. The molecule has 88 valence electrons. The van der Waals surface area contributed by atoms with E-state index in [-0.39, 0.29) is 5.78 Å². The van der Waals surface area contributed by atoms with Gasteiger partial charge in [-0.15, -0.1) is 0 Å². The number of carbonyl (C=O) groups excluding carboxylic acids is 1. The molecule has 0 unspecified atom stereocenters. The van der Waals surface area contributed by atoms with Crippen LogP contribution in [0, 0.1) is 20.8 Å². The molecule has 0 aliphatic heterocycles. The van der Waals surface area contributed by atoms with Gasteiger partial charge in [-0.1, -0.05) is 12.1 Å². The van der Waals surface area contributed by atoms with E-state index >= 15 is 0 Å². The van der Waals surface area contributed by atoms with Gasteiger partial charge in [-0.05, 0) is 37.5 Å². The van der Waals surface area contributed by atoms with Gasteiger partial charge in [0.1, 0.15) is 0 Å². The Morgan fingerprint density at radius 3 is 2.47 bits per heavy atom. The molecule has 2 rings (SSSR count). The van der Waals surface area contributed by atoms with E-state index in [2.05, 4.69) is 42.9 Å². The highest BCUT2D eigenvalue weighted by Gasteiger charge is 2.10. The van der Waals surface area contributed by atoms with Gasteiger partial charge in [0.25, 0.3) is 0 Å². The Bertz CT molecular complexity index is 582. The number of hydrogen-bond acceptors (Lipinski definition) is 2. The maximum atomic E-state index is 11.2. The minimum atomic E-state index is -0.0438. The fourth-order valence-corrected chi connectivity index (χ4v) is 1.88. The molecular formula is C14H16N2O. The monoisotopic (exact) mass is 228 g/mol. The number of imidazole rings is 1. The summed E-state index contributed by atoms with van der Waals surface area (Å²) in [6.07, 6.45) is 1.72. The van der Waals surface area contributed by atoms with Crippen LogP contribution in [0.2, 0.25) is 0 Å². The first-order chi connectivity index (χ1) is 8.00. The largest absolute Gasteiger partial charge is 0.336 e. The number of rotatable bonds is 2. The summed E-state index contributed by atoms with van der Waals surface area (Å²) in [6.45, 7) is 7.80. The number of aromatic nitrogens is 2. The van der Waals surface area contributed by atoms with Gasteiger partial charge < -0.3 is 4.98 Å². The van der Waals surface area contributed by atoms with Crippen LogP contribution in [0.5, 0.6) is 0 Å². The number of carbonyl (C=O) groups is 1. The second-order valence-electron chi connectivity index (χ2n) is 4.38. The van der Waals surface area contributed by atoms with Gasteiger partial charge in [-0.25, -0.2) is 4.98 Å². The fourth-order valence-electron chi connectivity index (χ4n) is 1.88. The second kappa shape index (κ2) is 4.17. The molecule has 3 heteroatoms. The van der Waals surface area contributed by atoms with Crippen LogP contribution in [-0.4, -0.2) is 15.8 Å². The quantitative estimate of drug-likeness (QED) is 0.802. The molecule has 0 spiro atoms. The Hall–Kier alpha value is -1.90. The number of ketones is 1. The number of benzene rings is 1. The van der Waals surface area contributed by atoms with Crippen molar-refractivity contribution >= 4 is 5.78 Å². The highest BCUT2D eigenvalue weighted by atomic mass is 16.1. The normalized spacial score (nSPS) is 10.6. The van der Waals surface area contributed by atoms with Crippen LogP contribution in [0.3, 0.4) is 0 Å². The smallest absolute Gasteiger partial charge is 0.194 e. The average Bonchev–Trinajstić information content (AvgIpc) is 2.75. The summed E-state index contributed by atoms with van der Waals surface area (Å²) in [5.74, 6) is 0.371. The molecule has 0 fully saturated rings. The molecule has 0 atom stereocenters. The zero-order valence-corrected chi connectivity index (χ0v) is 10.6. The number of Topliss-reactive ketones (excluding diaryl/α,β-unsaturated/α-hetero) is 1. The topological polar surface area (TPSA) is 45.8 Å². The van der Waals surface area contributed by atoms with Crippen molar-refractivity contribution in [3.8, 4) is 11.3 Å². The second-order valence-corrected chi connectivity index (χ2v) is 4.38. The first-order valence-electron chi connectivity index (χ1n) is 5.64. The first kappa shape index (κ1) is 11.6. The molecule has 0 bridgehead atoms. The molecule has 1 heterocycles. The summed E-state index contributed by atoms with van der Waals surface area (Å²) in [7, 11) is 0. The third-order valence-electron chi connectivity index (χ3n) is 3.26. The zero-order chi connectivity index (χ0) is 12.6. The lowest BCUT2D eigenvalue weighted by Crippen LogP contribution is -1.95. The molecule has 3 nitrogen and oxygen atoms in total. The van der Waals surface area contributed by atoms with Crippen molar-refractivity contribution in [1.29, 1.82) is 0 Å². The van der Waals surface area contributed by atoms with Crippen LogP contribution in [0.1, 0.15) is 34.2 Å². The van der Waals surface area contributed by atoms with E-state index < -0.39 is 0 Å². The third-order valence-corrected chi connectivity index (χ3v) is 3.26. The molecule has 17 heavy (non-hydrogen) atoms. The molecule has 0 aliphatic rings. The van der Waals surface area contributed by atoms with Crippen LogP contribution in [-0.2, 0) is 0 Å². The number of aryl methyl sites for hydroxylation is 1. The van der Waals surface area contributed by atoms with Crippen molar-refractivity contribution in [2.24, 2.45) is 0 Å². The summed E-state index contributed by atoms with van der Waals surface area (Å²) in [4.78, 5) is 18.3. The maximum Gasteiger partial charge on any atom is 0.194 e. The molecule has 1 N–H and O–H groups in total. The molecule has 2 aromatic rings. The van der Waals surface area contributed by atoms with Crippen LogP contribution in [0.15, 0.2) is 18.3 Å². The van der Waals surface area contributed by atoms with Crippen molar-refractivity contribution in [2.75, 3.05) is 0 Å². The van der Waals surface area contributed by atoms with E-state index in [1.165, 1.54) is 23.6 Å². The van der Waals surface area contributed by atoms with Gasteiger partial charge in [-0.3, -0.25) is 4.79 Å². The molecule has 0 aliphatic carbocycles. The minimum absolute atomic E-state index is 0.0438. The molecule has 0 saturated carbocycles. The van der Waals surface area contributed by atoms with E-state index in [4.69, 9.17) is 0 Å². The van der Waals surface area contributed by atoms with Crippen LogP contribution >= 0.6 is 0 Å². The molecule has 1 aromatic heterocycles. The van der Waals surface area contributed by atoms with Crippen molar-refractivity contribution in [3.05, 3.63) is 40.8 Å². The van der Waals surface area contributed by atoms with E-state index in [0.29, 0.717) is 5.82 Å². The average molecular weight is 228 g/mol. The van der Waals surface area contributed by atoms with Gasteiger partial charge in [0.05, 0.1) is 11.9 Å². The summed E-state index contributed by atoms with van der Waals surface area (Å²) < 4.78 is 0. The van der Waals surface area contributed by atoms with Gasteiger partial charge in [0.2, 0.25) is 0 Å². The number of hydrogen-bond donors (Lipinski definition) is 1. The van der Waals surface area contributed by atoms with Crippen LogP contribution in [0.4, 0.5) is 0 Å². The SMILES string of the molecule is CC(=O)c1ncc(-c2ccc(C)c(C)c2C)[nH]1. The summed E-state index contributed by atoms with van der Waals surface area (Å²) in [5.41, 5.74) is 5.78. The standard InChI is InChI=1S/C14H16N2O/c1-8-5-6-12(10(3)9(8)2)13-7-15-14(16-13)11(4)17/h5-7H,1-4H3,(H,15,16). The van der Waals surface area contributed by atoms with E-state index in [1.807, 2.05) is 0 Å². The summed E-state index contributed by atoms with van der Waals surface area (Å²) in [6, 6.07) is 4.15. The Balaban J connectivity index is 2.53. The van der Waals surface area contributed by atoms with Crippen molar-refractivity contribution in [3.63, 3.8) is 0 Å². The van der Waals surface area contributed by atoms with Gasteiger partial charge in [0, 0.05) is 12.5 Å². The Labute approximate surface area is 101 Å². The van der Waals surface area contributed by atoms with Crippen molar-refractivity contribution in [1.82, 2.24) is 9.97 Å². The lowest BCUT2D eigenvalue weighted by molar-refractivity contribution is 0.100. The lowest BCUT2D eigenvalue weighted by atomic mass is 9.97. The first-order valence-corrected chi connectivity index (χ1v) is 5.64. The van der Waals surface area contributed by atoms with Crippen molar-refractivity contribution in [2.45, 2.75) is 27.7 Å². The molecular weight excluding hydrogens is 212 g/mol. The molecule has 0 amide bonds. The van der Waals surface area contributed by atoms with Crippen LogP contribution < -0.4 is 0 Å².